The minimum Gasteiger partial charge on any atom is -0.480 e. The number of carboxylic acids is 1. The van der Waals surface area contributed by atoms with Gasteiger partial charge in [0.1, 0.15) is 30.8 Å². The third kappa shape index (κ3) is 13.5. The lowest BCUT2D eigenvalue weighted by Crippen LogP contribution is -2.54. The van der Waals surface area contributed by atoms with Gasteiger partial charge in [0.2, 0.25) is 17.7 Å². The quantitative estimate of drug-likeness (QED) is 0.0363. The first-order valence-electron chi connectivity index (χ1n) is 27.1. The van der Waals surface area contributed by atoms with E-state index in [0.717, 1.165) is 33.4 Å². The molecular weight excluding hydrogens is 1030 g/mol. The molecule has 82 heavy (non-hydrogen) atoms. The summed E-state index contributed by atoms with van der Waals surface area (Å²) < 4.78 is 5.72. The van der Waals surface area contributed by atoms with Crippen LogP contribution >= 0.6 is 0 Å². The summed E-state index contributed by atoms with van der Waals surface area (Å²) in [6.07, 6.45) is -0.591. The number of carbonyl (C=O) groups is 7. The number of aliphatic carboxylic acids is 1. The Kier molecular flexibility index (Phi) is 18.1. The number of hydrogen-bond donors (Lipinski definition) is 7. The van der Waals surface area contributed by atoms with Crippen molar-refractivity contribution in [2.45, 2.75) is 63.7 Å². The number of alkyl carbamates (subject to hydrolysis) is 1. The Balaban J connectivity index is 0.911. The van der Waals surface area contributed by atoms with Crippen molar-refractivity contribution in [3.05, 3.63) is 240 Å². The lowest BCUT2D eigenvalue weighted by molar-refractivity contribution is -0.143. The molecule has 0 radical (unpaired) electrons. The van der Waals surface area contributed by atoms with Crippen molar-refractivity contribution in [1.82, 2.24) is 21.3 Å². The lowest BCUT2D eigenvalue weighted by atomic mass is 9.93. The molecule has 15 heteroatoms. The minimum absolute atomic E-state index is 0.0624. The van der Waals surface area contributed by atoms with Gasteiger partial charge < -0.3 is 41.7 Å². The minimum atomic E-state index is -1.21. The number of rotatable bonds is 21. The van der Waals surface area contributed by atoms with Crippen LogP contribution in [0.4, 0.5) is 16.2 Å². The predicted molar refractivity (Wildman–Crippen MR) is 316 cm³/mol. The SMILES string of the molecule is CC(C)[C@H](NC(=O)[C@H](Cc1ccccc1)NC(=O)c1ccccc1-c1ccccc1C(=O)N[C@@H](Cc1ccccc1)C(=O)Nc1ccccc1-c1ccccc1NC(=O)[C@H](C)NC(=O)OCC1c2ccccc2-c2ccccc21)C(=O)O. The van der Waals surface area contributed by atoms with Gasteiger partial charge in [0, 0.05) is 52.4 Å². The Bertz CT molecular complexity index is 3600. The zero-order valence-electron chi connectivity index (χ0n) is 45.4. The van der Waals surface area contributed by atoms with Gasteiger partial charge in [-0.2, -0.15) is 0 Å². The number of carboxylic acid groups (broad SMARTS) is 1. The van der Waals surface area contributed by atoms with E-state index in [9.17, 15) is 38.7 Å². The topological polar surface area (TPSA) is 221 Å². The van der Waals surface area contributed by atoms with E-state index < -0.39 is 71.7 Å². The Labute approximate surface area is 475 Å². The van der Waals surface area contributed by atoms with Crippen LogP contribution in [0.15, 0.2) is 206 Å². The van der Waals surface area contributed by atoms with Crippen molar-refractivity contribution in [2.24, 2.45) is 5.92 Å². The molecule has 414 valence electrons. The van der Waals surface area contributed by atoms with E-state index in [-0.39, 0.29) is 36.5 Å². The van der Waals surface area contributed by atoms with Crippen LogP contribution in [-0.2, 0) is 36.8 Å². The molecule has 0 bridgehead atoms. The van der Waals surface area contributed by atoms with E-state index in [1.54, 1.807) is 142 Å². The fourth-order valence-electron chi connectivity index (χ4n) is 10.2. The van der Waals surface area contributed by atoms with Gasteiger partial charge in [-0.1, -0.05) is 196 Å². The molecule has 15 nitrogen and oxygen atoms in total. The van der Waals surface area contributed by atoms with Crippen molar-refractivity contribution >= 4 is 53.0 Å². The second-order valence-electron chi connectivity index (χ2n) is 20.4. The van der Waals surface area contributed by atoms with Crippen molar-refractivity contribution in [3.8, 4) is 33.4 Å². The molecule has 8 aromatic rings. The lowest BCUT2D eigenvalue weighted by Gasteiger charge is -2.24. The third-order valence-corrected chi connectivity index (χ3v) is 14.4. The molecule has 0 aliphatic heterocycles. The molecule has 0 saturated heterocycles. The van der Waals surface area contributed by atoms with Crippen LogP contribution in [0, 0.1) is 5.92 Å². The molecule has 1 aliphatic rings. The van der Waals surface area contributed by atoms with Gasteiger partial charge in [0.25, 0.3) is 11.8 Å². The van der Waals surface area contributed by atoms with Gasteiger partial charge in [0.15, 0.2) is 0 Å². The first-order valence-corrected chi connectivity index (χ1v) is 27.1. The van der Waals surface area contributed by atoms with Gasteiger partial charge in [-0.05, 0) is 81.6 Å². The summed E-state index contributed by atoms with van der Waals surface area (Å²) in [5, 5.41) is 27.0. The Morgan fingerprint density at radius 2 is 0.817 bits per heavy atom. The summed E-state index contributed by atoms with van der Waals surface area (Å²) in [6, 6.07) is 57.2. The molecular formula is C67H62N6O9. The number of fused-ring (bicyclic) bond motifs is 3. The molecule has 0 saturated carbocycles. The van der Waals surface area contributed by atoms with Crippen LogP contribution in [0.3, 0.4) is 0 Å². The van der Waals surface area contributed by atoms with E-state index >= 15 is 0 Å². The predicted octanol–water partition coefficient (Wildman–Crippen LogP) is 10.4. The van der Waals surface area contributed by atoms with Gasteiger partial charge in [-0.3, -0.25) is 24.0 Å². The monoisotopic (exact) mass is 1090 g/mol. The first-order chi connectivity index (χ1) is 39.7. The third-order valence-electron chi connectivity index (χ3n) is 14.4. The number of hydrogen-bond acceptors (Lipinski definition) is 8. The molecule has 4 atom stereocenters. The molecule has 1 aliphatic carbocycles. The van der Waals surface area contributed by atoms with Crippen LogP contribution in [-0.4, -0.2) is 77.5 Å². The Morgan fingerprint density at radius 3 is 1.28 bits per heavy atom. The highest BCUT2D eigenvalue weighted by molar-refractivity contribution is 6.09. The number of ether oxygens (including phenoxy) is 1. The molecule has 8 aromatic carbocycles. The summed E-state index contributed by atoms with van der Waals surface area (Å²) in [7, 11) is 0. The number of carbonyl (C=O) groups excluding carboxylic acids is 6. The average Bonchev–Trinajstić information content (AvgIpc) is 3.69. The zero-order valence-corrected chi connectivity index (χ0v) is 45.4. The van der Waals surface area contributed by atoms with E-state index in [1.165, 1.54) is 0 Å². The maximum atomic E-state index is 14.7. The summed E-state index contributed by atoms with van der Waals surface area (Å²) in [4.78, 5) is 96.8. The Morgan fingerprint density at radius 1 is 0.427 bits per heavy atom. The van der Waals surface area contributed by atoms with Crippen molar-refractivity contribution in [2.75, 3.05) is 17.2 Å². The fraction of sp³-hybridized carbons (Fsp3) is 0.179. The number of amides is 6. The van der Waals surface area contributed by atoms with Gasteiger partial charge in [-0.25, -0.2) is 9.59 Å². The number of anilines is 2. The Hall–Kier alpha value is -10.2. The summed E-state index contributed by atoms with van der Waals surface area (Å²) in [6.45, 7) is 4.99. The molecule has 6 amide bonds. The van der Waals surface area contributed by atoms with Crippen molar-refractivity contribution in [1.29, 1.82) is 0 Å². The van der Waals surface area contributed by atoms with E-state index in [2.05, 4.69) is 44.0 Å². The molecule has 0 aromatic heterocycles. The highest BCUT2D eigenvalue weighted by Gasteiger charge is 2.32. The summed E-state index contributed by atoms with van der Waals surface area (Å²) in [5.41, 5.74) is 8.74. The molecule has 0 heterocycles. The van der Waals surface area contributed by atoms with Crippen LogP contribution in [0.25, 0.3) is 33.4 Å². The van der Waals surface area contributed by atoms with Crippen LogP contribution < -0.4 is 31.9 Å². The maximum absolute atomic E-state index is 14.7. The molecule has 7 N–H and O–H groups in total. The average molecular weight is 1100 g/mol. The second kappa shape index (κ2) is 26.2. The van der Waals surface area contributed by atoms with Crippen LogP contribution in [0.5, 0.6) is 0 Å². The fourth-order valence-corrected chi connectivity index (χ4v) is 10.2. The number of nitrogens with one attached hydrogen (secondary N) is 6. The molecule has 0 unspecified atom stereocenters. The molecule has 0 fully saturated rings. The normalized spacial score (nSPS) is 13.0. The first kappa shape index (κ1) is 56.6. The highest BCUT2D eigenvalue weighted by Crippen LogP contribution is 2.44. The smallest absolute Gasteiger partial charge is 0.407 e. The van der Waals surface area contributed by atoms with Crippen molar-refractivity contribution in [3.63, 3.8) is 0 Å². The number of benzene rings is 8. The van der Waals surface area contributed by atoms with E-state index in [0.29, 0.717) is 33.6 Å². The highest BCUT2D eigenvalue weighted by atomic mass is 16.5. The van der Waals surface area contributed by atoms with Gasteiger partial charge in [-0.15, -0.1) is 0 Å². The molecule has 0 spiro atoms. The summed E-state index contributed by atoms with van der Waals surface area (Å²) >= 11 is 0. The largest absolute Gasteiger partial charge is 0.480 e. The van der Waals surface area contributed by atoms with E-state index in [4.69, 9.17) is 4.74 Å². The van der Waals surface area contributed by atoms with Gasteiger partial charge in [0.05, 0.1) is 0 Å². The molecule has 9 rings (SSSR count). The summed E-state index contributed by atoms with van der Waals surface area (Å²) in [5.74, 6) is -4.79. The van der Waals surface area contributed by atoms with Crippen molar-refractivity contribution < 1.29 is 43.4 Å². The number of para-hydroxylation sites is 2. The van der Waals surface area contributed by atoms with Crippen LogP contribution in [0.1, 0.15) is 69.7 Å². The van der Waals surface area contributed by atoms with Gasteiger partial charge >= 0.3 is 12.1 Å². The standard InChI is InChI=1S/C67H62N6O9/c1-41(2)60(66(79)80)73-65(78)59(39-44-24-8-5-9-25-44)72-63(76)54-35-17-15-29-48(54)47-28-14-16-34-53(47)62(75)71-58(38-43-22-6-4-7-23-43)64(77)70-57-37-21-19-33-52(57)51-32-18-20-36-56(51)69-61(74)42(3)68-67(81)82-40-55-49-30-12-10-26-45(49)46-27-11-13-31-50(46)55/h4-37,41-42,55,58-60H,38-40H2,1-3H3,(H,68,81)(H,69,74)(H,70,77)(H,71,75)(H,72,76)(H,73,78)(H,79,80)/t42-,58-,59-,60-/m0/s1. The second-order valence-corrected chi connectivity index (χ2v) is 20.4. The zero-order chi connectivity index (χ0) is 57.7. The van der Waals surface area contributed by atoms with E-state index in [1.807, 2.05) is 72.8 Å². The van der Waals surface area contributed by atoms with Crippen LogP contribution in [0.2, 0.25) is 0 Å². The maximum Gasteiger partial charge on any atom is 0.407 e.